The van der Waals surface area contributed by atoms with Crippen LogP contribution in [0.5, 0.6) is 17.2 Å². The highest BCUT2D eigenvalue weighted by atomic mass is 16.5. The summed E-state index contributed by atoms with van der Waals surface area (Å²) in [7, 11) is 4.46. The van der Waals surface area contributed by atoms with Gasteiger partial charge in [0.05, 0.1) is 21.3 Å². The van der Waals surface area contributed by atoms with E-state index in [1.54, 1.807) is 19.1 Å². The molecule has 0 aromatic heterocycles. The fourth-order valence-electron chi connectivity index (χ4n) is 2.05. The molecule has 9 heteroatoms. The molecule has 154 valence electrons. The summed E-state index contributed by atoms with van der Waals surface area (Å²) in [6, 6.07) is 2.54. The van der Waals surface area contributed by atoms with Crippen molar-refractivity contribution >= 4 is 24.0 Å². The first kappa shape index (κ1) is 22.8. The second kappa shape index (κ2) is 11.5. The molecule has 1 rings (SSSR count). The molecule has 0 bridgehead atoms. The maximum absolute atomic E-state index is 11.8. The lowest BCUT2D eigenvalue weighted by molar-refractivity contribution is -0.143. The van der Waals surface area contributed by atoms with Gasteiger partial charge >= 0.3 is 12.0 Å². The summed E-state index contributed by atoms with van der Waals surface area (Å²) < 4.78 is 20.5. The quantitative estimate of drug-likeness (QED) is 0.486. The number of carbonyl (C=O) groups is 3. The zero-order valence-corrected chi connectivity index (χ0v) is 16.7. The third-order valence-corrected chi connectivity index (χ3v) is 3.72. The third-order valence-electron chi connectivity index (χ3n) is 3.72. The van der Waals surface area contributed by atoms with E-state index in [9.17, 15) is 14.4 Å². The largest absolute Gasteiger partial charge is 0.496 e. The number of methoxy groups -OCH3 is 3. The molecule has 0 radical (unpaired) electrons. The van der Waals surface area contributed by atoms with Crippen LogP contribution in [0, 0.1) is 0 Å². The van der Waals surface area contributed by atoms with Crippen molar-refractivity contribution in [1.29, 1.82) is 0 Å². The number of nitrogens with one attached hydrogen (secondary N) is 2. The average Bonchev–Trinajstić information content (AvgIpc) is 2.69. The Bertz CT molecular complexity index is 731. The zero-order valence-electron chi connectivity index (χ0n) is 16.7. The van der Waals surface area contributed by atoms with Gasteiger partial charge in [0.1, 0.15) is 5.75 Å². The molecule has 0 aliphatic rings. The van der Waals surface area contributed by atoms with Crippen molar-refractivity contribution in [3.05, 3.63) is 23.8 Å². The molecule has 0 saturated heterocycles. The molecule has 1 aromatic rings. The molecule has 0 aliphatic heterocycles. The van der Waals surface area contributed by atoms with Crippen molar-refractivity contribution in [2.24, 2.45) is 0 Å². The second-order valence-corrected chi connectivity index (χ2v) is 5.72. The van der Waals surface area contributed by atoms with Gasteiger partial charge in [-0.15, -0.1) is 0 Å². The normalized spacial score (nSPS) is 11.5. The molecule has 9 nitrogen and oxygen atoms in total. The minimum Gasteiger partial charge on any atom is -0.496 e. The average molecular weight is 394 g/mol. The van der Waals surface area contributed by atoms with Crippen molar-refractivity contribution in [1.82, 2.24) is 10.6 Å². The number of carbonyl (C=O) groups excluding carboxylic acids is 3. The van der Waals surface area contributed by atoms with Gasteiger partial charge in [0.15, 0.2) is 18.1 Å². The molecular formula is C19H26N2O7. The summed E-state index contributed by atoms with van der Waals surface area (Å²) in [6.07, 6.45) is 3.31. The van der Waals surface area contributed by atoms with Gasteiger partial charge < -0.3 is 24.3 Å². The zero-order chi connectivity index (χ0) is 21.1. The molecule has 1 atom stereocenters. The van der Waals surface area contributed by atoms with Crippen LogP contribution in [0.3, 0.4) is 0 Å². The van der Waals surface area contributed by atoms with Crippen molar-refractivity contribution < 1.29 is 33.3 Å². The predicted molar refractivity (Wildman–Crippen MR) is 103 cm³/mol. The Labute approximate surface area is 164 Å². The van der Waals surface area contributed by atoms with Gasteiger partial charge in [-0.1, -0.05) is 6.92 Å². The van der Waals surface area contributed by atoms with E-state index in [1.807, 2.05) is 6.92 Å². The SMILES string of the molecule is CC[C@@H](C)NC(=O)NC(=O)COC(=O)/C=C/c1cc(OC)c(OC)cc1OC. The Morgan fingerprint density at radius 1 is 1.04 bits per heavy atom. The fourth-order valence-corrected chi connectivity index (χ4v) is 2.05. The third kappa shape index (κ3) is 7.18. The molecule has 0 heterocycles. The predicted octanol–water partition coefficient (Wildman–Crippen LogP) is 1.89. The summed E-state index contributed by atoms with van der Waals surface area (Å²) in [4.78, 5) is 35.0. The van der Waals surface area contributed by atoms with E-state index >= 15 is 0 Å². The topological polar surface area (TPSA) is 112 Å². The van der Waals surface area contributed by atoms with Crippen LogP contribution >= 0.6 is 0 Å². The van der Waals surface area contributed by atoms with Crippen LogP contribution in [-0.4, -0.2) is 51.9 Å². The summed E-state index contributed by atoms with van der Waals surface area (Å²) in [5.41, 5.74) is 0.550. The number of amides is 3. The highest BCUT2D eigenvalue weighted by molar-refractivity contribution is 5.96. The van der Waals surface area contributed by atoms with Gasteiger partial charge in [0.25, 0.3) is 5.91 Å². The van der Waals surface area contributed by atoms with E-state index < -0.39 is 24.5 Å². The maximum Gasteiger partial charge on any atom is 0.331 e. The maximum atomic E-state index is 11.8. The summed E-state index contributed by atoms with van der Waals surface area (Å²) in [6.45, 7) is 3.12. The van der Waals surface area contributed by atoms with Crippen molar-refractivity contribution in [3.63, 3.8) is 0 Å². The fraction of sp³-hybridized carbons (Fsp3) is 0.421. The monoisotopic (exact) mass is 394 g/mol. The molecule has 0 saturated carbocycles. The van der Waals surface area contributed by atoms with E-state index in [1.165, 1.54) is 27.4 Å². The number of hydrogen-bond donors (Lipinski definition) is 2. The molecule has 0 unspecified atom stereocenters. The number of benzene rings is 1. The first-order valence-electron chi connectivity index (χ1n) is 8.59. The highest BCUT2D eigenvalue weighted by Crippen LogP contribution is 2.35. The van der Waals surface area contributed by atoms with E-state index in [0.29, 0.717) is 22.8 Å². The minimum atomic E-state index is -0.755. The van der Waals surface area contributed by atoms with Crippen molar-refractivity contribution in [2.45, 2.75) is 26.3 Å². The summed E-state index contributed by atoms with van der Waals surface area (Å²) >= 11 is 0. The van der Waals surface area contributed by atoms with Crippen molar-refractivity contribution in [3.8, 4) is 17.2 Å². The standard InChI is InChI=1S/C19H26N2O7/c1-6-12(2)20-19(24)21-17(22)11-28-18(23)8-7-13-9-15(26-4)16(27-5)10-14(13)25-3/h7-10,12H,6,11H2,1-5H3,(H2,20,21,22,24)/b8-7+/t12-/m1/s1. The van der Waals surface area contributed by atoms with Crippen LogP contribution in [0.15, 0.2) is 18.2 Å². The number of ether oxygens (including phenoxy) is 4. The van der Waals surface area contributed by atoms with Crippen molar-refractivity contribution in [2.75, 3.05) is 27.9 Å². The molecule has 0 spiro atoms. The second-order valence-electron chi connectivity index (χ2n) is 5.72. The van der Waals surface area contributed by atoms with E-state index in [-0.39, 0.29) is 6.04 Å². The molecular weight excluding hydrogens is 368 g/mol. The smallest absolute Gasteiger partial charge is 0.331 e. The molecule has 2 N–H and O–H groups in total. The van der Waals surface area contributed by atoms with Gasteiger partial charge in [0.2, 0.25) is 0 Å². The van der Waals surface area contributed by atoms with Gasteiger partial charge in [-0.25, -0.2) is 9.59 Å². The molecule has 0 aliphatic carbocycles. The van der Waals surface area contributed by atoms with Crippen LogP contribution in [0.1, 0.15) is 25.8 Å². The van der Waals surface area contributed by atoms with Crippen LogP contribution in [0.4, 0.5) is 4.79 Å². The van der Waals surface area contributed by atoms with Crippen LogP contribution in [0.25, 0.3) is 6.08 Å². The Balaban J connectivity index is 2.64. The number of rotatable bonds is 9. The Morgan fingerprint density at radius 2 is 1.64 bits per heavy atom. The Morgan fingerprint density at radius 3 is 2.21 bits per heavy atom. The van der Waals surface area contributed by atoms with Gasteiger partial charge in [-0.05, 0) is 25.5 Å². The lowest BCUT2D eigenvalue weighted by Gasteiger charge is -2.12. The number of hydrogen-bond acceptors (Lipinski definition) is 7. The van der Waals surface area contributed by atoms with E-state index in [0.717, 1.165) is 12.5 Å². The minimum absolute atomic E-state index is 0.0743. The summed E-state index contributed by atoms with van der Waals surface area (Å²) in [5, 5.41) is 4.65. The first-order valence-corrected chi connectivity index (χ1v) is 8.59. The van der Waals surface area contributed by atoms with Crippen LogP contribution < -0.4 is 24.8 Å². The molecule has 1 aromatic carbocycles. The summed E-state index contributed by atoms with van der Waals surface area (Å²) in [5.74, 6) is -0.0869. The number of urea groups is 1. The van der Waals surface area contributed by atoms with E-state index in [2.05, 4.69) is 10.6 Å². The van der Waals surface area contributed by atoms with Gasteiger partial charge in [-0.3, -0.25) is 10.1 Å². The molecule has 0 fully saturated rings. The Hall–Kier alpha value is -3.23. The first-order chi connectivity index (χ1) is 13.3. The highest BCUT2D eigenvalue weighted by Gasteiger charge is 2.12. The lowest BCUT2D eigenvalue weighted by Crippen LogP contribution is -2.44. The number of esters is 1. The van der Waals surface area contributed by atoms with E-state index in [4.69, 9.17) is 18.9 Å². The van der Waals surface area contributed by atoms with Crippen LogP contribution in [-0.2, 0) is 14.3 Å². The molecule has 3 amide bonds. The van der Waals surface area contributed by atoms with Gasteiger partial charge in [-0.2, -0.15) is 0 Å². The van der Waals surface area contributed by atoms with Crippen LogP contribution in [0.2, 0.25) is 0 Å². The number of imide groups is 1. The lowest BCUT2D eigenvalue weighted by atomic mass is 10.1. The Kier molecular flexibility index (Phi) is 9.35. The van der Waals surface area contributed by atoms with Gasteiger partial charge in [0, 0.05) is 23.7 Å². The molecule has 28 heavy (non-hydrogen) atoms.